The van der Waals surface area contributed by atoms with Gasteiger partial charge in [-0.05, 0) is 33.6 Å². The van der Waals surface area contributed by atoms with E-state index >= 15 is 0 Å². The highest BCUT2D eigenvalue weighted by Crippen LogP contribution is 2.37. The summed E-state index contributed by atoms with van der Waals surface area (Å²) in [7, 11) is -3.89. The number of ether oxygens (including phenoxy) is 3. The van der Waals surface area contributed by atoms with Crippen LogP contribution in [-0.2, 0) is 28.7 Å². The van der Waals surface area contributed by atoms with Gasteiger partial charge < -0.3 is 25.1 Å². The minimum absolute atomic E-state index is 0.292. The van der Waals surface area contributed by atoms with E-state index in [4.69, 9.17) is 24.1 Å². The third-order valence-electron chi connectivity index (χ3n) is 4.68. The van der Waals surface area contributed by atoms with Crippen molar-refractivity contribution in [3.63, 3.8) is 0 Å². The highest BCUT2D eigenvalue weighted by molar-refractivity contribution is 7.84. The fourth-order valence-electron chi connectivity index (χ4n) is 3.14. The monoisotopic (exact) mass is 366 g/mol. The summed E-state index contributed by atoms with van der Waals surface area (Å²) in [6.07, 6.45) is -2.07. The van der Waals surface area contributed by atoms with E-state index in [1.54, 1.807) is 13.8 Å². The lowest BCUT2D eigenvalue weighted by Gasteiger charge is -2.35. The molecule has 140 valence electrons. The van der Waals surface area contributed by atoms with E-state index < -0.39 is 40.7 Å². The second-order valence-electron chi connectivity index (χ2n) is 7.43. The molecular formula is C14H26N2O7S. The maximum absolute atomic E-state index is 12.3. The fraction of sp³-hybridized carbons (Fsp3) is 1.00. The van der Waals surface area contributed by atoms with Gasteiger partial charge in [-0.2, -0.15) is 12.7 Å². The van der Waals surface area contributed by atoms with Crippen molar-refractivity contribution >= 4 is 10.3 Å². The highest BCUT2D eigenvalue weighted by atomic mass is 32.2. The second kappa shape index (κ2) is 6.13. The van der Waals surface area contributed by atoms with Gasteiger partial charge >= 0.3 is 10.3 Å². The van der Waals surface area contributed by atoms with Crippen molar-refractivity contribution < 1.29 is 31.9 Å². The Morgan fingerprint density at radius 2 is 1.88 bits per heavy atom. The van der Waals surface area contributed by atoms with Gasteiger partial charge in [0.15, 0.2) is 12.1 Å². The van der Waals surface area contributed by atoms with Crippen LogP contribution in [0.3, 0.4) is 0 Å². The molecule has 0 bridgehead atoms. The van der Waals surface area contributed by atoms with E-state index in [1.807, 2.05) is 6.92 Å². The third kappa shape index (κ3) is 3.75. The smallest absolute Gasteiger partial charge is 0.338 e. The summed E-state index contributed by atoms with van der Waals surface area (Å²) in [5.74, 6) is -0.836. The Labute approximate surface area is 142 Å². The largest absolute Gasteiger partial charge is 0.387 e. The summed E-state index contributed by atoms with van der Waals surface area (Å²) in [4.78, 5) is 0. The maximum Gasteiger partial charge on any atom is 0.338 e. The van der Waals surface area contributed by atoms with E-state index in [0.29, 0.717) is 25.9 Å². The summed E-state index contributed by atoms with van der Waals surface area (Å²) >= 11 is 0. The second-order valence-corrected chi connectivity index (χ2v) is 9.04. The van der Waals surface area contributed by atoms with E-state index in [1.165, 1.54) is 4.31 Å². The van der Waals surface area contributed by atoms with Crippen LogP contribution in [0.5, 0.6) is 0 Å². The highest BCUT2D eigenvalue weighted by Gasteiger charge is 2.54. The molecule has 3 fully saturated rings. The molecule has 0 saturated carbocycles. The molecule has 0 radical (unpaired) electrons. The summed E-state index contributed by atoms with van der Waals surface area (Å²) in [5.41, 5.74) is 5.65. The first kappa shape index (κ1) is 18.5. The molecule has 3 saturated heterocycles. The zero-order chi connectivity index (χ0) is 17.8. The number of aliphatic hydroxyl groups excluding tert-OH is 1. The van der Waals surface area contributed by atoms with Gasteiger partial charge in [0.2, 0.25) is 0 Å². The first-order valence-electron chi connectivity index (χ1n) is 8.12. The van der Waals surface area contributed by atoms with Crippen molar-refractivity contribution in [3.8, 4) is 0 Å². The maximum atomic E-state index is 12.3. The Morgan fingerprint density at radius 1 is 1.25 bits per heavy atom. The molecule has 24 heavy (non-hydrogen) atoms. The van der Waals surface area contributed by atoms with Crippen molar-refractivity contribution in [3.05, 3.63) is 0 Å². The first-order chi connectivity index (χ1) is 11.0. The number of nitrogens with zero attached hydrogens (tertiary/aromatic N) is 1. The predicted molar refractivity (Wildman–Crippen MR) is 83.0 cm³/mol. The van der Waals surface area contributed by atoms with Crippen molar-refractivity contribution in [1.82, 2.24) is 4.31 Å². The molecule has 10 heteroatoms. The van der Waals surface area contributed by atoms with Gasteiger partial charge in [-0.1, -0.05) is 0 Å². The molecule has 0 aromatic heterocycles. The lowest BCUT2D eigenvalue weighted by Crippen LogP contribution is -2.50. The Hall–Kier alpha value is -0.330. The van der Waals surface area contributed by atoms with Crippen LogP contribution in [0.2, 0.25) is 0 Å². The molecule has 3 heterocycles. The van der Waals surface area contributed by atoms with Crippen LogP contribution in [0.25, 0.3) is 0 Å². The van der Waals surface area contributed by atoms with Gasteiger partial charge in [-0.3, -0.25) is 4.18 Å². The molecule has 9 nitrogen and oxygen atoms in total. The zero-order valence-corrected chi connectivity index (χ0v) is 15.0. The molecule has 3 rings (SSSR count). The summed E-state index contributed by atoms with van der Waals surface area (Å²) in [6.45, 7) is 5.68. The molecule has 4 atom stereocenters. The van der Waals surface area contributed by atoms with Crippen LogP contribution >= 0.6 is 0 Å². The van der Waals surface area contributed by atoms with Gasteiger partial charge in [0.1, 0.15) is 18.3 Å². The Balaban J connectivity index is 1.53. The minimum atomic E-state index is -3.89. The number of piperidine rings is 1. The SMILES string of the molecule is CC1(N)CCN(S(=O)(=O)OC[C@H]2O[C@@H]3OC(C)(C)O[C@@H]3[C@H]2O)CC1. The van der Waals surface area contributed by atoms with E-state index in [9.17, 15) is 13.5 Å². The number of aliphatic hydroxyl groups is 1. The van der Waals surface area contributed by atoms with Gasteiger partial charge in [0, 0.05) is 18.6 Å². The van der Waals surface area contributed by atoms with Crippen LogP contribution < -0.4 is 5.73 Å². The quantitative estimate of drug-likeness (QED) is 0.670. The van der Waals surface area contributed by atoms with Crippen LogP contribution in [0.4, 0.5) is 0 Å². The average molecular weight is 366 g/mol. The lowest BCUT2D eigenvalue weighted by molar-refractivity contribution is -0.217. The number of rotatable bonds is 4. The molecule has 0 amide bonds. The van der Waals surface area contributed by atoms with E-state index in [2.05, 4.69) is 0 Å². The Bertz CT molecular complexity index is 570. The molecule has 0 aliphatic carbocycles. The first-order valence-corrected chi connectivity index (χ1v) is 9.48. The molecule has 0 aromatic rings. The predicted octanol–water partition coefficient (Wildman–Crippen LogP) is -0.702. The van der Waals surface area contributed by atoms with E-state index in [0.717, 1.165) is 0 Å². The summed E-state index contributed by atoms with van der Waals surface area (Å²) in [5, 5.41) is 10.2. The summed E-state index contributed by atoms with van der Waals surface area (Å²) in [6, 6.07) is 0. The zero-order valence-electron chi connectivity index (χ0n) is 14.2. The van der Waals surface area contributed by atoms with Gasteiger partial charge in [-0.15, -0.1) is 0 Å². The van der Waals surface area contributed by atoms with Crippen molar-refractivity contribution in [1.29, 1.82) is 0 Å². The average Bonchev–Trinajstić information content (AvgIpc) is 2.90. The molecule has 0 aromatic carbocycles. The molecule has 3 N–H and O–H groups in total. The van der Waals surface area contributed by atoms with Crippen LogP contribution in [0.1, 0.15) is 33.6 Å². The number of hydrogen-bond acceptors (Lipinski definition) is 8. The van der Waals surface area contributed by atoms with Gasteiger partial charge in [0.25, 0.3) is 0 Å². The van der Waals surface area contributed by atoms with Crippen molar-refractivity contribution in [2.45, 2.75) is 69.5 Å². The topological polar surface area (TPSA) is 121 Å². The van der Waals surface area contributed by atoms with Gasteiger partial charge in [0.05, 0.1) is 6.61 Å². The van der Waals surface area contributed by atoms with Crippen molar-refractivity contribution in [2.24, 2.45) is 5.73 Å². The Morgan fingerprint density at radius 3 is 2.46 bits per heavy atom. The van der Waals surface area contributed by atoms with Crippen LogP contribution in [-0.4, -0.2) is 73.5 Å². The van der Waals surface area contributed by atoms with Crippen LogP contribution in [0.15, 0.2) is 0 Å². The number of nitrogens with two attached hydrogens (primary N) is 1. The van der Waals surface area contributed by atoms with E-state index in [-0.39, 0.29) is 12.1 Å². The lowest BCUT2D eigenvalue weighted by atomic mass is 9.92. The minimum Gasteiger partial charge on any atom is -0.387 e. The fourth-order valence-corrected chi connectivity index (χ4v) is 4.23. The standard InChI is InChI=1S/C14H26N2O7S/c1-13(2)22-11-10(17)9(21-12(11)23-13)8-20-24(18,19)16-6-4-14(3,15)5-7-16/h9-12,17H,4-8,15H2,1-3H3/t9-,10+,11-,12-/m1/s1. The van der Waals surface area contributed by atoms with Crippen LogP contribution in [0, 0.1) is 0 Å². The normalized spacial score (nSPS) is 39.0. The van der Waals surface area contributed by atoms with Gasteiger partial charge in [-0.25, -0.2) is 0 Å². The molecule has 0 unspecified atom stereocenters. The molecular weight excluding hydrogens is 340 g/mol. The summed E-state index contributed by atoms with van der Waals surface area (Å²) < 4.78 is 47.5. The molecule has 3 aliphatic rings. The third-order valence-corrected chi connectivity index (χ3v) is 6.11. The molecule has 0 spiro atoms. The molecule has 3 aliphatic heterocycles. The Kier molecular flexibility index (Phi) is 4.72. The number of hydrogen-bond donors (Lipinski definition) is 2. The van der Waals surface area contributed by atoms with Crippen molar-refractivity contribution in [2.75, 3.05) is 19.7 Å². The number of fused-ring (bicyclic) bond motifs is 1.